The molecule has 0 spiro atoms. The number of nitrogens with one attached hydrogen (secondary N) is 1. The monoisotopic (exact) mass is 372 g/mol. The zero-order chi connectivity index (χ0) is 19.2. The number of para-hydroxylation sites is 1. The van der Waals surface area contributed by atoms with E-state index in [4.69, 9.17) is 5.73 Å². The molecule has 27 heavy (non-hydrogen) atoms. The molecule has 7 nitrogen and oxygen atoms in total. The Morgan fingerprint density at radius 2 is 1.67 bits per heavy atom. The summed E-state index contributed by atoms with van der Waals surface area (Å²) >= 11 is 0. The minimum Gasteiger partial charge on any atom is -0.366 e. The summed E-state index contributed by atoms with van der Waals surface area (Å²) in [5, 5.41) is 2.77. The van der Waals surface area contributed by atoms with Crippen LogP contribution in [0.5, 0.6) is 0 Å². The van der Waals surface area contributed by atoms with Gasteiger partial charge in [-0.15, -0.1) is 0 Å². The Balaban J connectivity index is 1.47. The number of primary amides is 1. The van der Waals surface area contributed by atoms with Crippen LogP contribution in [0.1, 0.15) is 42.5 Å². The van der Waals surface area contributed by atoms with Gasteiger partial charge in [-0.25, -0.2) is 0 Å². The van der Waals surface area contributed by atoms with Crippen molar-refractivity contribution in [2.45, 2.75) is 32.1 Å². The highest BCUT2D eigenvalue weighted by atomic mass is 16.2. The van der Waals surface area contributed by atoms with Crippen molar-refractivity contribution < 1.29 is 14.4 Å². The van der Waals surface area contributed by atoms with Crippen LogP contribution < -0.4 is 11.1 Å². The van der Waals surface area contributed by atoms with Gasteiger partial charge in [-0.2, -0.15) is 0 Å². The van der Waals surface area contributed by atoms with Crippen molar-refractivity contribution in [2.75, 3.05) is 38.0 Å². The normalized spacial score (nSPS) is 18.9. The minimum atomic E-state index is -0.567. The third-order valence-electron chi connectivity index (χ3n) is 5.44. The summed E-state index contributed by atoms with van der Waals surface area (Å²) in [6, 6.07) is 6.72. The molecule has 0 aromatic heterocycles. The number of likely N-dealkylation sites (tertiary alicyclic amines) is 2. The lowest BCUT2D eigenvalue weighted by atomic mass is 9.94. The van der Waals surface area contributed by atoms with Gasteiger partial charge in [-0.05, 0) is 57.3 Å². The van der Waals surface area contributed by atoms with Crippen LogP contribution in [-0.4, -0.2) is 60.2 Å². The number of hydrogen-bond acceptors (Lipinski definition) is 4. The van der Waals surface area contributed by atoms with Crippen molar-refractivity contribution in [3.05, 3.63) is 29.8 Å². The second kappa shape index (κ2) is 8.99. The standard InChI is InChI=1S/C20H28N4O3/c21-19(26)16-6-2-3-7-17(16)22-18(25)14-23-12-8-15(9-13-23)20(27)24-10-4-1-5-11-24/h2-3,6-7,15H,1,4-5,8-14H2,(H2,21,26)(H,22,25). The molecule has 2 heterocycles. The summed E-state index contributed by atoms with van der Waals surface area (Å²) in [5.41, 5.74) is 6.08. The molecule has 2 aliphatic rings. The zero-order valence-electron chi connectivity index (χ0n) is 15.7. The van der Waals surface area contributed by atoms with E-state index >= 15 is 0 Å². The molecule has 0 atom stereocenters. The van der Waals surface area contributed by atoms with Crippen molar-refractivity contribution >= 4 is 23.4 Å². The van der Waals surface area contributed by atoms with Crippen molar-refractivity contribution in [3.8, 4) is 0 Å². The third-order valence-corrected chi connectivity index (χ3v) is 5.44. The van der Waals surface area contributed by atoms with Crippen molar-refractivity contribution in [2.24, 2.45) is 11.7 Å². The van der Waals surface area contributed by atoms with Gasteiger partial charge in [-0.1, -0.05) is 12.1 Å². The highest BCUT2D eigenvalue weighted by molar-refractivity contribution is 6.03. The molecule has 3 N–H and O–H groups in total. The Hall–Kier alpha value is -2.41. The SMILES string of the molecule is NC(=O)c1ccccc1NC(=O)CN1CCC(C(=O)N2CCCCC2)CC1. The predicted octanol–water partition coefficient (Wildman–Crippen LogP) is 1.45. The maximum atomic E-state index is 12.6. The lowest BCUT2D eigenvalue weighted by molar-refractivity contribution is -0.138. The molecule has 0 bridgehead atoms. The van der Waals surface area contributed by atoms with Gasteiger partial charge in [0.05, 0.1) is 17.8 Å². The average Bonchev–Trinajstić information content (AvgIpc) is 2.69. The third kappa shape index (κ3) is 5.07. The lowest BCUT2D eigenvalue weighted by Gasteiger charge is -2.35. The average molecular weight is 372 g/mol. The Kier molecular flexibility index (Phi) is 6.45. The van der Waals surface area contributed by atoms with E-state index in [1.165, 1.54) is 6.42 Å². The number of nitrogens with zero attached hydrogens (tertiary/aromatic N) is 2. The molecule has 0 aliphatic carbocycles. The molecule has 2 saturated heterocycles. The maximum Gasteiger partial charge on any atom is 0.250 e. The predicted molar refractivity (Wildman–Crippen MR) is 103 cm³/mol. The fraction of sp³-hybridized carbons (Fsp3) is 0.550. The van der Waals surface area contributed by atoms with Crippen LogP contribution in [0.25, 0.3) is 0 Å². The molecular weight excluding hydrogens is 344 g/mol. The smallest absolute Gasteiger partial charge is 0.250 e. The number of hydrogen-bond donors (Lipinski definition) is 2. The number of anilines is 1. The summed E-state index contributed by atoms with van der Waals surface area (Å²) in [5.74, 6) is -0.375. The van der Waals surface area contributed by atoms with Crippen molar-refractivity contribution in [1.82, 2.24) is 9.80 Å². The quantitative estimate of drug-likeness (QED) is 0.818. The molecule has 2 fully saturated rings. The first-order chi connectivity index (χ1) is 13.0. The van der Waals surface area contributed by atoms with E-state index in [0.717, 1.165) is 51.9 Å². The van der Waals surface area contributed by atoms with Gasteiger partial charge in [-0.3, -0.25) is 19.3 Å². The Morgan fingerprint density at radius 3 is 2.33 bits per heavy atom. The molecule has 0 unspecified atom stereocenters. The largest absolute Gasteiger partial charge is 0.366 e. The van der Waals surface area contributed by atoms with Crippen molar-refractivity contribution in [1.29, 1.82) is 0 Å². The summed E-state index contributed by atoms with van der Waals surface area (Å²) in [6.45, 7) is 3.49. The molecule has 1 aromatic rings. The van der Waals surface area contributed by atoms with E-state index in [1.54, 1.807) is 24.3 Å². The topological polar surface area (TPSA) is 95.7 Å². The number of amides is 3. The van der Waals surface area contributed by atoms with Crippen LogP contribution in [0.4, 0.5) is 5.69 Å². The van der Waals surface area contributed by atoms with Gasteiger partial charge in [0.15, 0.2) is 0 Å². The first-order valence-corrected chi connectivity index (χ1v) is 9.74. The molecule has 0 saturated carbocycles. The van der Waals surface area contributed by atoms with Gasteiger partial charge >= 0.3 is 0 Å². The molecule has 2 aliphatic heterocycles. The van der Waals surface area contributed by atoms with Gasteiger partial charge in [0, 0.05) is 19.0 Å². The maximum absolute atomic E-state index is 12.6. The number of benzene rings is 1. The summed E-state index contributed by atoms with van der Waals surface area (Å²) < 4.78 is 0. The number of piperidine rings is 2. The molecule has 3 amide bonds. The van der Waals surface area contributed by atoms with Crippen LogP contribution in [0.2, 0.25) is 0 Å². The van der Waals surface area contributed by atoms with Crippen LogP contribution in [-0.2, 0) is 9.59 Å². The Labute approximate surface area is 159 Å². The Morgan fingerprint density at radius 1 is 1.00 bits per heavy atom. The van der Waals surface area contributed by atoms with Crippen LogP contribution >= 0.6 is 0 Å². The highest BCUT2D eigenvalue weighted by Gasteiger charge is 2.29. The molecular formula is C20H28N4O3. The summed E-state index contributed by atoms with van der Waals surface area (Å²) in [4.78, 5) is 40.5. The van der Waals surface area contributed by atoms with E-state index in [-0.39, 0.29) is 24.3 Å². The van der Waals surface area contributed by atoms with E-state index in [1.807, 2.05) is 4.90 Å². The number of carbonyl (C=O) groups excluding carboxylic acids is 3. The van der Waals surface area contributed by atoms with E-state index in [2.05, 4.69) is 10.2 Å². The van der Waals surface area contributed by atoms with Gasteiger partial charge in [0.25, 0.3) is 5.91 Å². The van der Waals surface area contributed by atoms with Crippen molar-refractivity contribution in [3.63, 3.8) is 0 Å². The van der Waals surface area contributed by atoms with Gasteiger partial charge in [0.2, 0.25) is 11.8 Å². The highest BCUT2D eigenvalue weighted by Crippen LogP contribution is 2.22. The molecule has 1 aromatic carbocycles. The second-order valence-corrected chi connectivity index (χ2v) is 7.39. The number of nitrogens with two attached hydrogens (primary N) is 1. The first kappa shape index (κ1) is 19.4. The molecule has 146 valence electrons. The Bertz CT molecular complexity index is 692. The van der Waals surface area contributed by atoms with E-state index in [0.29, 0.717) is 11.3 Å². The summed E-state index contributed by atoms with van der Waals surface area (Å²) in [6.07, 6.45) is 5.02. The molecule has 3 rings (SSSR count). The van der Waals surface area contributed by atoms with Crippen LogP contribution in [0, 0.1) is 5.92 Å². The second-order valence-electron chi connectivity index (χ2n) is 7.39. The van der Waals surface area contributed by atoms with Crippen LogP contribution in [0.15, 0.2) is 24.3 Å². The van der Waals surface area contributed by atoms with Gasteiger partial charge in [0.1, 0.15) is 0 Å². The minimum absolute atomic E-state index is 0.0815. The first-order valence-electron chi connectivity index (χ1n) is 9.74. The van der Waals surface area contributed by atoms with E-state index in [9.17, 15) is 14.4 Å². The summed E-state index contributed by atoms with van der Waals surface area (Å²) in [7, 11) is 0. The molecule has 7 heteroatoms. The molecule has 0 radical (unpaired) electrons. The number of rotatable bonds is 5. The van der Waals surface area contributed by atoms with Crippen LogP contribution in [0.3, 0.4) is 0 Å². The lowest BCUT2D eigenvalue weighted by Crippen LogP contribution is -2.45. The van der Waals surface area contributed by atoms with Gasteiger partial charge < -0.3 is 16.0 Å². The zero-order valence-corrected chi connectivity index (χ0v) is 15.7. The fourth-order valence-corrected chi connectivity index (χ4v) is 3.91. The fourth-order valence-electron chi connectivity index (χ4n) is 3.91. The van der Waals surface area contributed by atoms with E-state index < -0.39 is 5.91 Å². The number of carbonyl (C=O) groups is 3.